The van der Waals surface area contributed by atoms with Crippen LogP contribution in [0.4, 0.5) is 10.1 Å². The number of hydrogen-bond donors (Lipinski definition) is 2. The number of nitrogens with zero attached hydrogens (tertiary/aromatic N) is 2. The number of nitrogens with one attached hydrogen (secondary N) is 1. The highest BCUT2D eigenvalue weighted by Crippen LogP contribution is 2.13. The van der Waals surface area contributed by atoms with Crippen molar-refractivity contribution >= 4 is 11.9 Å². The van der Waals surface area contributed by atoms with Gasteiger partial charge in [-0.15, -0.1) is 0 Å². The van der Waals surface area contributed by atoms with E-state index in [9.17, 15) is 4.39 Å². The van der Waals surface area contributed by atoms with Gasteiger partial charge in [-0.25, -0.2) is 4.39 Å². The van der Waals surface area contributed by atoms with Crippen LogP contribution in [0.15, 0.2) is 53.5 Å². The third-order valence-electron chi connectivity index (χ3n) is 3.36. The number of anilines is 1. The van der Waals surface area contributed by atoms with E-state index < -0.39 is 0 Å². The van der Waals surface area contributed by atoms with E-state index in [-0.39, 0.29) is 18.0 Å². The first kappa shape index (κ1) is 13.6. The maximum absolute atomic E-state index is 13.9. The first-order valence-corrected chi connectivity index (χ1v) is 6.85. The van der Waals surface area contributed by atoms with Crippen LogP contribution in [0.1, 0.15) is 6.92 Å². The zero-order valence-electron chi connectivity index (χ0n) is 11.7. The largest absolute Gasteiger partial charge is 0.324 e. The van der Waals surface area contributed by atoms with Crippen LogP contribution in [-0.2, 0) is 0 Å². The average Bonchev–Trinajstić information content (AvgIpc) is 2.48. The fourth-order valence-electron chi connectivity index (χ4n) is 2.32. The van der Waals surface area contributed by atoms with Gasteiger partial charge < -0.3 is 5.73 Å². The summed E-state index contributed by atoms with van der Waals surface area (Å²) in [4.78, 5) is 4.55. The predicted molar refractivity (Wildman–Crippen MR) is 81.0 cm³/mol. The van der Waals surface area contributed by atoms with Crippen molar-refractivity contribution in [3.8, 4) is 0 Å². The molecule has 0 saturated carbocycles. The van der Waals surface area contributed by atoms with Gasteiger partial charge in [0.05, 0.1) is 16.3 Å². The fraction of sp³-hybridized carbons (Fsp3) is 0.188. The van der Waals surface area contributed by atoms with Crippen LogP contribution >= 0.6 is 0 Å². The van der Waals surface area contributed by atoms with Crippen LogP contribution in [0.25, 0.3) is 6.20 Å². The first-order chi connectivity index (χ1) is 10.1. The van der Waals surface area contributed by atoms with Gasteiger partial charge in [-0.2, -0.15) is 0 Å². The number of nitrogens with two attached hydrogens (primary N) is 1. The number of fused-ring (bicyclic) bond motifs is 1. The van der Waals surface area contributed by atoms with Gasteiger partial charge in [0.2, 0.25) is 0 Å². The fourth-order valence-corrected chi connectivity index (χ4v) is 2.32. The summed E-state index contributed by atoms with van der Waals surface area (Å²) in [5, 5.41) is 2.85. The third kappa shape index (κ3) is 2.73. The van der Waals surface area contributed by atoms with Crippen molar-refractivity contribution in [3.63, 3.8) is 0 Å². The van der Waals surface area contributed by atoms with E-state index in [2.05, 4.69) is 10.4 Å². The molecule has 108 valence electrons. The Kier molecular flexibility index (Phi) is 3.58. The minimum absolute atomic E-state index is 0.200. The Morgan fingerprint density at radius 2 is 1.95 bits per heavy atom. The number of halogens is 1. The summed E-state index contributed by atoms with van der Waals surface area (Å²) in [6.45, 7) is 1.88. The summed E-state index contributed by atoms with van der Waals surface area (Å²) in [5.74, 6) is -0.292. The van der Waals surface area contributed by atoms with E-state index in [0.717, 1.165) is 5.69 Å². The molecule has 5 heteroatoms. The second-order valence-corrected chi connectivity index (χ2v) is 5.09. The molecule has 1 aliphatic rings. The van der Waals surface area contributed by atoms with E-state index in [1.165, 1.54) is 6.07 Å². The molecule has 0 radical (unpaired) electrons. The van der Waals surface area contributed by atoms with Crippen LogP contribution < -0.4 is 21.7 Å². The second kappa shape index (κ2) is 5.54. The van der Waals surface area contributed by atoms with Crippen LogP contribution in [0.3, 0.4) is 0 Å². The van der Waals surface area contributed by atoms with Crippen molar-refractivity contribution in [1.29, 1.82) is 0 Å². The Balaban J connectivity index is 2.04. The number of rotatable bonds is 3. The van der Waals surface area contributed by atoms with Crippen molar-refractivity contribution in [2.45, 2.75) is 19.1 Å². The van der Waals surface area contributed by atoms with Gasteiger partial charge in [-0.3, -0.25) is 15.4 Å². The smallest absolute Gasteiger partial charge is 0.154 e. The van der Waals surface area contributed by atoms with Crippen molar-refractivity contribution < 1.29 is 4.39 Å². The highest BCUT2D eigenvalue weighted by atomic mass is 19.1. The van der Waals surface area contributed by atoms with Gasteiger partial charge in [0.1, 0.15) is 5.82 Å². The Hall–Kier alpha value is -2.40. The number of benzene rings is 2. The molecule has 0 fully saturated rings. The SMILES string of the molecule is CC(N)[C@H]1N=c2cccc(F)c2=CN1Nc1ccccc1. The van der Waals surface area contributed by atoms with E-state index in [4.69, 9.17) is 5.73 Å². The van der Waals surface area contributed by atoms with Gasteiger partial charge in [0, 0.05) is 12.2 Å². The molecule has 1 aliphatic heterocycles. The molecule has 0 saturated heterocycles. The first-order valence-electron chi connectivity index (χ1n) is 6.85. The Morgan fingerprint density at radius 1 is 1.19 bits per heavy atom. The molecule has 0 spiro atoms. The molecule has 0 aliphatic carbocycles. The summed E-state index contributed by atoms with van der Waals surface area (Å²) in [7, 11) is 0. The summed E-state index contributed by atoms with van der Waals surface area (Å²) in [5.41, 5.74) is 10.1. The van der Waals surface area contributed by atoms with E-state index in [1.807, 2.05) is 37.3 Å². The Labute approximate surface area is 122 Å². The molecule has 2 atom stereocenters. The Bertz CT molecular complexity index is 743. The molecule has 1 unspecified atom stereocenters. The van der Waals surface area contributed by atoms with Crippen LogP contribution in [-0.4, -0.2) is 17.2 Å². The second-order valence-electron chi connectivity index (χ2n) is 5.09. The lowest BCUT2D eigenvalue weighted by atomic mass is 10.2. The van der Waals surface area contributed by atoms with E-state index >= 15 is 0 Å². The summed E-state index contributed by atoms with van der Waals surface area (Å²) in [6.07, 6.45) is 1.43. The summed E-state index contributed by atoms with van der Waals surface area (Å²) in [6, 6.07) is 14.3. The Morgan fingerprint density at radius 3 is 2.67 bits per heavy atom. The van der Waals surface area contributed by atoms with Crippen LogP contribution in [0.2, 0.25) is 0 Å². The molecular formula is C16H17FN4. The zero-order valence-corrected chi connectivity index (χ0v) is 11.7. The minimum atomic E-state index is -0.292. The molecular weight excluding hydrogens is 267 g/mol. The van der Waals surface area contributed by atoms with Crippen LogP contribution in [0, 0.1) is 5.82 Å². The number of para-hydroxylation sites is 1. The molecule has 2 aromatic rings. The summed E-state index contributed by atoms with van der Waals surface area (Å²) >= 11 is 0. The van der Waals surface area contributed by atoms with Crippen molar-refractivity contribution in [3.05, 3.63) is 64.9 Å². The lowest BCUT2D eigenvalue weighted by Gasteiger charge is -2.33. The van der Waals surface area contributed by atoms with Gasteiger partial charge in [-0.05, 0) is 31.2 Å². The lowest BCUT2D eigenvalue weighted by Crippen LogP contribution is -2.52. The van der Waals surface area contributed by atoms with Gasteiger partial charge in [0.25, 0.3) is 0 Å². The lowest BCUT2D eigenvalue weighted by molar-refractivity contribution is 0.310. The number of hydrazine groups is 1. The molecule has 4 nitrogen and oxygen atoms in total. The third-order valence-corrected chi connectivity index (χ3v) is 3.36. The van der Waals surface area contributed by atoms with Gasteiger partial charge in [0.15, 0.2) is 6.17 Å². The zero-order chi connectivity index (χ0) is 14.8. The summed E-state index contributed by atoms with van der Waals surface area (Å²) < 4.78 is 13.9. The molecule has 0 bridgehead atoms. The highest BCUT2D eigenvalue weighted by Gasteiger charge is 2.22. The molecule has 3 rings (SSSR count). The van der Waals surface area contributed by atoms with Crippen molar-refractivity contribution in [2.75, 3.05) is 5.43 Å². The molecule has 2 aromatic carbocycles. The topological polar surface area (TPSA) is 53.6 Å². The normalized spacial score (nSPS) is 18.2. The van der Waals surface area contributed by atoms with Crippen molar-refractivity contribution in [2.24, 2.45) is 10.7 Å². The predicted octanol–water partition coefficient (Wildman–Crippen LogP) is 1.20. The number of hydrogen-bond acceptors (Lipinski definition) is 4. The highest BCUT2D eigenvalue weighted by molar-refractivity contribution is 5.44. The molecule has 3 N–H and O–H groups in total. The maximum atomic E-state index is 13.9. The van der Waals surface area contributed by atoms with Crippen LogP contribution in [0.5, 0.6) is 0 Å². The van der Waals surface area contributed by atoms with Gasteiger partial charge >= 0.3 is 0 Å². The van der Waals surface area contributed by atoms with E-state index in [0.29, 0.717) is 10.6 Å². The maximum Gasteiger partial charge on any atom is 0.154 e. The molecule has 1 heterocycles. The standard InChI is InChI=1S/C16H17FN4/c1-11(18)16-19-15-9-5-8-14(17)13(15)10-21(16)20-12-6-3-2-4-7-12/h2-11,16,20H,18H2,1H3/t11?,16-/m0/s1. The average molecular weight is 284 g/mol. The van der Waals surface area contributed by atoms with Gasteiger partial charge in [-0.1, -0.05) is 24.3 Å². The molecule has 21 heavy (non-hydrogen) atoms. The quantitative estimate of drug-likeness (QED) is 0.890. The van der Waals surface area contributed by atoms with E-state index in [1.54, 1.807) is 23.3 Å². The monoisotopic (exact) mass is 284 g/mol. The molecule has 0 amide bonds. The molecule has 0 aromatic heterocycles. The minimum Gasteiger partial charge on any atom is -0.324 e. The van der Waals surface area contributed by atoms with Crippen molar-refractivity contribution in [1.82, 2.24) is 5.01 Å².